The van der Waals surface area contributed by atoms with Crippen molar-refractivity contribution in [3.05, 3.63) is 62.9 Å². The van der Waals surface area contributed by atoms with E-state index < -0.39 is 66.5 Å². The highest BCUT2D eigenvalue weighted by Gasteiger charge is 2.56. The molecule has 12 nitrogen and oxygen atoms in total. The number of hydrogen-bond donors (Lipinski definition) is 3. The first kappa shape index (κ1) is 30.8. The van der Waals surface area contributed by atoms with Crippen LogP contribution in [0.1, 0.15) is 52.3 Å². The second-order valence-electron chi connectivity index (χ2n) is 10.5. The Labute approximate surface area is 240 Å². The summed E-state index contributed by atoms with van der Waals surface area (Å²) in [7, 11) is -4.32. The molecule has 2 fully saturated rings. The Kier molecular flexibility index (Phi) is 8.92. The van der Waals surface area contributed by atoms with Crippen LogP contribution in [0, 0.1) is 0 Å². The van der Waals surface area contributed by atoms with E-state index in [9.17, 15) is 24.1 Å². The molecule has 2 heterocycles. The Hall–Kier alpha value is -2.18. The first-order valence-corrected chi connectivity index (χ1v) is 15.0. The number of benzene rings is 1. The summed E-state index contributed by atoms with van der Waals surface area (Å²) < 4.78 is 35.2. The fourth-order valence-corrected chi connectivity index (χ4v) is 6.24. The van der Waals surface area contributed by atoms with Crippen LogP contribution in [0.15, 0.2) is 46.1 Å². The minimum Gasteiger partial charge on any atom is -0.462 e. The van der Waals surface area contributed by atoms with Crippen LogP contribution in [-0.4, -0.2) is 55.9 Å². The lowest BCUT2D eigenvalue weighted by Gasteiger charge is -2.25. The van der Waals surface area contributed by atoms with Gasteiger partial charge in [-0.3, -0.25) is 23.7 Å². The number of rotatable bonds is 11. The summed E-state index contributed by atoms with van der Waals surface area (Å²) in [5.41, 5.74) is -0.508. The quantitative estimate of drug-likeness (QED) is 0.194. The number of esters is 1. The van der Waals surface area contributed by atoms with Crippen LogP contribution < -0.4 is 20.9 Å². The number of ether oxygens (including phenoxy) is 2. The molecule has 2 aromatic rings. The number of carbonyl (C=O) groups is 1. The number of aliphatic hydroxyl groups is 1. The molecule has 1 aromatic carbocycles. The summed E-state index contributed by atoms with van der Waals surface area (Å²) in [5.74, 6) is -0.447. The zero-order chi connectivity index (χ0) is 29.5. The Bertz CT molecular complexity index is 1410. The molecule has 1 aromatic heterocycles. The third kappa shape index (κ3) is 6.82. The Balaban J connectivity index is 1.55. The van der Waals surface area contributed by atoms with E-state index in [0.717, 1.165) is 35.2 Å². The first-order chi connectivity index (χ1) is 18.6. The summed E-state index contributed by atoms with van der Waals surface area (Å²) in [6.07, 6.45) is -1.60. The van der Waals surface area contributed by atoms with Gasteiger partial charge in [-0.05, 0) is 56.7 Å². The number of aromatic amines is 1. The van der Waals surface area contributed by atoms with E-state index in [1.54, 1.807) is 32.0 Å². The monoisotopic (exact) mass is 619 g/mol. The number of aromatic nitrogens is 2. The maximum absolute atomic E-state index is 14.0. The van der Waals surface area contributed by atoms with Gasteiger partial charge in [0.05, 0.1) is 12.7 Å². The van der Waals surface area contributed by atoms with Crippen molar-refractivity contribution < 1.29 is 33.0 Å². The van der Waals surface area contributed by atoms with E-state index in [-0.39, 0.29) is 11.2 Å². The van der Waals surface area contributed by atoms with Gasteiger partial charge in [-0.15, -0.1) is 0 Å². The fourth-order valence-electron chi connectivity index (χ4n) is 4.15. The maximum Gasteiger partial charge on any atom is 0.459 e. The zero-order valence-corrected chi connectivity index (χ0v) is 24.7. The van der Waals surface area contributed by atoms with Crippen LogP contribution in [0.3, 0.4) is 0 Å². The van der Waals surface area contributed by atoms with E-state index in [2.05, 4.69) is 17.0 Å². The van der Waals surface area contributed by atoms with Gasteiger partial charge in [-0.1, -0.05) is 42.3 Å². The zero-order valence-electron chi connectivity index (χ0n) is 22.3. The van der Waals surface area contributed by atoms with Crippen molar-refractivity contribution in [3.63, 3.8) is 0 Å². The summed E-state index contributed by atoms with van der Waals surface area (Å²) in [6, 6.07) is 7.03. The Morgan fingerprint density at radius 3 is 2.60 bits per heavy atom. The van der Waals surface area contributed by atoms with E-state index >= 15 is 0 Å². The van der Waals surface area contributed by atoms with Crippen molar-refractivity contribution in [2.45, 2.75) is 80.9 Å². The highest BCUT2D eigenvalue weighted by molar-refractivity contribution is 7.52. The second-order valence-corrected chi connectivity index (χ2v) is 13.6. The van der Waals surface area contributed by atoms with E-state index in [1.807, 2.05) is 6.07 Å². The predicted octanol–water partition coefficient (Wildman–Crippen LogP) is 3.15. The summed E-state index contributed by atoms with van der Waals surface area (Å²) in [5, 5.41) is 13.4. The van der Waals surface area contributed by atoms with Crippen LogP contribution in [0.2, 0.25) is 0 Å². The number of nitrogens with zero attached hydrogens (tertiary/aromatic N) is 1. The molecule has 1 saturated heterocycles. The third-order valence-electron chi connectivity index (χ3n) is 6.71. The van der Waals surface area contributed by atoms with Crippen molar-refractivity contribution in [1.82, 2.24) is 14.6 Å². The van der Waals surface area contributed by atoms with Crippen molar-refractivity contribution >= 4 is 36.9 Å². The van der Waals surface area contributed by atoms with Crippen molar-refractivity contribution in [1.29, 1.82) is 0 Å². The molecule has 0 unspecified atom stereocenters. The van der Waals surface area contributed by atoms with Gasteiger partial charge >= 0.3 is 19.4 Å². The first-order valence-electron chi connectivity index (χ1n) is 12.7. The van der Waals surface area contributed by atoms with Gasteiger partial charge in [0.25, 0.3) is 5.56 Å². The molecule has 1 saturated carbocycles. The minimum atomic E-state index is -4.32. The molecular formula is C25H32Cl2N3O9P. The van der Waals surface area contributed by atoms with Crippen LogP contribution in [0.4, 0.5) is 0 Å². The lowest BCUT2D eigenvalue weighted by molar-refractivity contribution is -0.149. The predicted molar refractivity (Wildman–Crippen MR) is 147 cm³/mol. The Morgan fingerprint density at radius 1 is 1.27 bits per heavy atom. The van der Waals surface area contributed by atoms with Crippen molar-refractivity contribution in [2.24, 2.45) is 0 Å². The normalized spacial score (nSPS) is 25.2. The van der Waals surface area contributed by atoms with Gasteiger partial charge < -0.3 is 19.1 Å². The summed E-state index contributed by atoms with van der Waals surface area (Å²) in [4.78, 5) is 38.3. The molecule has 0 radical (unpaired) electrons. The van der Waals surface area contributed by atoms with Crippen LogP contribution in [0.25, 0.3) is 0 Å². The van der Waals surface area contributed by atoms with Gasteiger partial charge in [-0.25, -0.2) is 9.36 Å². The number of halogens is 2. The van der Waals surface area contributed by atoms with E-state index in [4.69, 9.17) is 41.7 Å². The third-order valence-corrected chi connectivity index (χ3v) is 9.17. The van der Waals surface area contributed by atoms with E-state index in [1.165, 1.54) is 6.92 Å². The molecular weight excluding hydrogens is 588 g/mol. The lowest BCUT2D eigenvalue weighted by Crippen LogP contribution is -2.41. The second kappa shape index (κ2) is 11.6. The van der Waals surface area contributed by atoms with Gasteiger partial charge in [-0.2, -0.15) is 5.09 Å². The molecule has 40 heavy (non-hydrogen) atoms. The number of H-pyrrole nitrogens is 1. The molecule has 15 heteroatoms. The van der Waals surface area contributed by atoms with Crippen LogP contribution in [0.5, 0.6) is 5.75 Å². The summed E-state index contributed by atoms with van der Waals surface area (Å²) in [6.45, 7) is 6.33. The molecule has 1 aliphatic heterocycles. The SMILES string of the molecule is CC(C)OC(=O)[C@H](C)N[P@@](=O)(OC[C@H]1O[C@@H](n2ccc(=O)[nH]c2=O)C(Cl)(Cl)[C@@H]1O)Oc1cccc(C2(C)CC2)c1. The lowest BCUT2D eigenvalue weighted by atomic mass is 9.98. The average Bonchev–Trinajstić information content (AvgIpc) is 3.57. The van der Waals surface area contributed by atoms with Crippen LogP contribution >= 0.6 is 30.9 Å². The van der Waals surface area contributed by atoms with Gasteiger partial charge in [0.15, 0.2) is 10.6 Å². The maximum atomic E-state index is 14.0. The highest BCUT2D eigenvalue weighted by Crippen LogP contribution is 2.51. The van der Waals surface area contributed by atoms with Gasteiger partial charge in [0.1, 0.15) is 24.0 Å². The van der Waals surface area contributed by atoms with Gasteiger partial charge in [0.2, 0.25) is 0 Å². The molecule has 1 aliphatic carbocycles. The summed E-state index contributed by atoms with van der Waals surface area (Å²) >= 11 is 12.7. The number of hydrogen-bond acceptors (Lipinski definition) is 9. The smallest absolute Gasteiger partial charge is 0.459 e. The number of aliphatic hydroxyl groups excluding tert-OH is 1. The van der Waals surface area contributed by atoms with Gasteiger partial charge in [0, 0.05) is 12.3 Å². The minimum absolute atomic E-state index is 0.00659. The molecule has 4 rings (SSSR count). The molecule has 2 aliphatic rings. The number of nitrogens with one attached hydrogen (secondary N) is 2. The molecule has 0 amide bonds. The van der Waals surface area contributed by atoms with Crippen molar-refractivity contribution in [2.75, 3.05) is 6.61 Å². The number of carbonyl (C=O) groups excluding carboxylic acids is 1. The standard InChI is InChI=1S/C25H32Cl2N3O9P/c1-14(2)37-21(33)15(3)29-40(35,39-17-7-5-6-16(12-17)24(4)9-10-24)36-13-18-20(32)25(26,27)22(38-18)30-11-8-19(31)28-23(30)34/h5-8,11-12,14-15,18,20,22,32H,9-10,13H2,1-4H3,(H,29,35)(H,28,31,34)/t15-,18+,20+,22+,40+/m0/s1. The van der Waals surface area contributed by atoms with E-state index in [0.29, 0.717) is 0 Å². The molecule has 5 atom stereocenters. The number of alkyl halides is 2. The molecule has 220 valence electrons. The Morgan fingerprint density at radius 2 is 1.98 bits per heavy atom. The molecule has 0 spiro atoms. The van der Waals surface area contributed by atoms with Crippen LogP contribution in [-0.2, 0) is 28.8 Å². The average molecular weight is 620 g/mol. The molecule has 0 bridgehead atoms. The largest absolute Gasteiger partial charge is 0.462 e. The molecule has 3 N–H and O–H groups in total. The van der Waals surface area contributed by atoms with Crippen molar-refractivity contribution in [3.8, 4) is 5.75 Å². The highest BCUT2D eigenvalue weighted by atomic mass is 35.5. The topological polar surface area (TPSA) is 158 Å². The fraction of sp³-hybridized carbons (Fsp3) is 0.560.